The van der Waals surface area contributed by atoms with Gasteiger partial charge in [0.1, 0.15) is 5.75 Å². The molecule has 0 aromatic heterocycles. The van der Waals surface area contributed by atoms with Crippen molar-refractivity contribution in [3.05, 3.63) is 77.9 Å². The summed E-state index contributed by atoms with van der Waals surface area (Å²) in [5, 5.41) is 2.74. The van der Waals surface area contributed by atoms with Gasteiger partial charge in [-0.25, -0.2) is 8.42 Å². The average Bonchev–Trinajstić information content (AvgIpc) is 3.25. The molecule has 3 aromatic rings. The van der Waals surface area contributed by atoms with Gasteiger partial charge in [-0.3, -0.25) is 9.10 Å². The molecule has 1 amide bonds. The van der Waals surface area contributed by atoms with Gasteiger partial charge in [-0.15, -0.1) is 0 Å². The topological polar surface area (TPSA) is 94.2 Å². The highest BCUT2D eigenvalue weighted by Gasteiger charge is 2.18. The van der Waals surface area contributed by atoms with E-state index >= 15 is 0 Å². The second-order valence-electron chi connectivity index (χ2n) is 7.65. The summed E-state index contributed by atoms with van der Waals surface area (Å²) >= 11 is 0. The van der Waals surface area contributed by atoms with Crippen LogP contribution in [0.5, 0.6) is 17.2 Å². The van der Waals surface area contributed by atoms with Crippen molar-refractivity contribution in [2.75, 3.05) is 29.3 Å². The van der Waals surface area contributed by atoms with Crippen LogP contribution < -0.4 is 23.8 Å². The summed E-state index contributed by atoms with van der Waals surface area (Å²) in [6.45, 7) is 2.16. The standard InChI is InChI=1S/C24H24N2O6S/c1-17-3-5-18(6-4-17)14-26(33(2,28)29)20-8-10-21(11-9-20)30-15-24(27)25-19-7-12-22-23(13-19)32-16-31-22/h3-13H,14-16H2,1-2H3,(H,25,27). The van der Waals surface area contributed by atoms with Crippen LogP contribution in [0.3, 0.4) is 0 Å². The van der Waals surface area contributed by atoms with Gasteiger partial charge in [-0.1, -0.05) is 29.8 Å². The number of benzene rings is 3. The number of amides is 1. The van der Waals surface area contributed by atoms with E-state index in [0.29, 0.717) is 28.6 Å². The number of anilines is 2. The average molecular weight is 469 g/mol. The van der Waals surface area contributed by atoms with Crippen molar-refractivity contribution in [1.82, 2.24) is 0 Å². The van der Waals surface area contributed by atoms with Crippen molar-refractivity contribution < 1.29 is 27.4 Å². The van der Waals surface area contributed by atoms with Crippen LogP contribution in [-0.2, 0) is 21.4 Å². The maximum absolute atomic E-state index is 12.4. The molecule has 0 atom stereocenters. The third-order valence-electron chi connectivity index (χ3n) is 5.00. The summed E-state index contributed by atoms with van der Waals surface area (Å²) in [5.74, 6) is 1.32. The first-order chi connectivity index (χ1) is 15.8. The third-order valence-corrected chi connectivity index (χ3v) is 6.14. The molecule has 3 aromatic carbocycles. The number of rotatable bonds is 8. The molecule has 0 saturated heterocycles. The number of ether oxygens (including phenoxy) is 3. The molecule has 1 heterocycles. The summed E-state index contributed by atoms with van der Waals surface area (Å²) in [6.07, 6.45) is 1.17. The molecule has 4 rings (SSSR count). The van der Waals surface area contributed by atoms with Gasteiger partial charge in [-0.05, 0) is 48.9 Å². The van der Waals surface area contributed by atoms with E-state index in [0.717, 1.165) is 11.1 Å². The van der Waals surface area contributed by atoms with Gasteiger partial charge < -0.3 is 19.5 Å². The highest BCUT2D eigenvalue weighted by atomic mass is 32.2. The minimum atomic E-state index is -3.49. The summed E-state index contributed by atoms with van der Waals surface area (Å²) in [4.78, 5) is 12.2. The van der Waals surface area contributed by atoms with Crippen LogP contribution in [0.2, 0.25) is 0 Å². The number of carbonyl (C=O) groups excluding carboxylic acids is 1. The zero-order valence-corrected chi connectivity index (χ0v) is 19.1. The summed E-state index contributed by atoms with van der Waals surface area (Å²) in [7, 11) is -3.49. The van der Waals surface area contributed by atoms with Gasteiger partial charge in [0, 0.05) is 11.8 Å². The number of sulfonamides is 1. The van der Waals surface area contributed by atoms with Crippen LogP contribution in [0.25, 0.3) is 0 Å². The number of aryl methyl sites for hydroxylation is 1. The van der Waals surface area contributed by atoms with E-state index in [1.807, 2.05) is 31.2 Å². The maximum Gasteiger partial charge on any atom is 0.262 e. The molecule has 0 unspecified atom stereocenters. The van der Waals surface area contributed by atoms with Gasteiger partial charge in [0.05, 0.1) is 18.5 Å². The molecule has 0 saturated carbocycles. The molecule has 0 radical (unpaired) electrons. The molecule has 33 heavy (non-hydrogen) atoms. The van der Waals surface area contributed by atoms with Gasteiger partial charge in [0.25, 0.3) is 5.91 Å². The van der Waals surface area contributed by atoms with E-state index < -0.39 is 10.0 Å². The molecule has 9 heteroatoms. The van der Waals surface area contributed by atoms with Crippen LogP contribution in [0.15, 0.2) is 66.7 Å². The summed E-state index contributed by atoms with van der Waals surface area (Å²) < 4.78 is 42.2. The predicted octanol–water partition coefficient (Wildman–Crippen LogP) is 3.71. The fourth-order valence-corrected chi connectivity index (χ4v) is 4.18. The lowest BCUT2D eigenvalue weighted by Crippen LogP contribution is -2.29. The Morgan fingerprint density at radius 1 is 1.00 bits per heavy atom. The minimum Gasteiger partial charge on any atom is -0.484 e. The fourth-order valence-electron chi connectivity index (χ4n) is 3.29. The lowest BCUT2D eigenvalue weighted by molar-refractivity contribution is -0.118. The Hall–Kier alpha value is -3.72. The zero-order chi connectivity index (χ0) is 23.4. The molecule has 1 aliphatic heterocycles. The smallest absolute Gasteiger partial charge is 0.262 e. The molecule has 0 fully saturated rings. The van der Waals surface area contributed by atoms with Gasteiger partial charge in [0.15, 0.2) is 18.1 Å². The molecule has 1 aliphatic rings. The Morgan fingerprint density at radius 3 is 2.39 bits per heavy atom. The Balaban J connectivity index is 1.37. The largest absolute Gasteiger partial charge is 0.484 e. The second-order valence-corrected chi connectivity index (χ2v) is 9.56. The second kappa shape index (κ2) is 9.41. The number of fused-ring (bicyclic) bond motifs is 1. The van der Waals surface area contributed by atoms with Crippen LogP contribution >= 0.6 is 0 Å². The zero-order valence-electron chi connectivity index (χ0n) is 18.3. The number of carbonyl (C=O) groups is 1. The van der Waals surface area contributed by atoms with Crippen molar-refractivity contribution in [3.8, 4) is 17.2 Å². The Labute approximate surface area is 192 Å². The molecule has 0 spiro atoms. The first-order valence-corrected chi connectivity index (χ1v) is 12.1. The summed E-state index contributed by atoms with van der Waals surface area (Å²) in [6, 6.07) is 19.4. The van der Waals surface area contributed by atoms with E-state index in [4.69, 9.17) is 14.2 Å². The number of hydrogen-bond donors (Lipinski definition) is 1. The van der Waals surface area contributed by atoms with Crippen molar-refractivity contribution in [3.63, 3.8) is 0 Å². The monoisotopic (exact) mass is 468 g/mol. The normalized spacial score (nSPS) is 12.3. The molecule has 8 nitrogen and oxygen atoms in total. The molecule has 0 bridgehead atoms. The van der Waals surface area contributed by atoms with Crippen molar-refractivity contribution in [1.29, 1.82) is 0 Å². The minimum absolute atomic E-state index is 0.160. The van der Waals surface area contributed by atoms with E-state index in [9.17, 15) is 13.2 Å². The number of nitrogens with one attached hydrogen (secondary N) is 1. The van der Waals surface area contributed by atoms with Crippen LogP contribution in [0.1, 0.15) is 11.1 Å². The third kappa shape index (κ3) is 5.75. The number of hydrogen-bond acceptors (Lipinski definition) is 6. The first kappa shape index (κ1) is 22.5. The SMILES string of the molecule is Cc1ccc(CN(c2ccc(OCC(=O)Nc3ccc4c(c3)OCO4)cc2)S(C)(=O)=O)cc1. The summed E-state index contributed by atoms with van der Waals surface area (Å²) in [5.41, 5.74) is 3.07. The van der Waals surface area contributed by atoms with Crippen LogP contribution in [0, 0.1) is 6.92 Å². The van der Waals surface area contributed by atoms with Crippen molar-refractivity contribution >= 4 is 27.3 Å². The lowest BCUT2D eigenvalue weighted by atomic mass is 10.1. The van der Waals surface area contributed by atoms with Crippen LogP contribution in [0.4, 0.5) is 11.4 Å². The molecular formula is C24H24N2O6S. The predicted molar refractivity (Wildman–Crippen MR) is 125 cm³/mol. The number of nitrogens with zero attached hydrogens (tertiary/aromatic N) is 1. The van der Waals surface area contributed by atoms with Crippen molar-refractivity contribution in [2.45, 2.75) is 13.5 Å². The van der Waals surface area contributed by atoms with Gasteiger partial charge >= 0.3 is 0 Å². The highest BCUT2D eigenvalue weighted by molar-refractivity contribution is 7.92. The molecule has 172 valence electrons. The van der Waals surface area contributed by atoms with E-state index in [1.165, 1.54) is 10.6 Å². The first-order valence-electron chi connectivity index (χ1n) is 10.2. The highest BCUT2D eigenvalue weighted by Crippen LogP contribution is 2.34. The van der Waals surface area contributed by atoms with E-state index in [-0.39, 0.29) is 25.9 Å². The van der Waals surface area contributed by atoms with Crippen LogP contribution in [-0.4, -0.2) is 34.0 Å². The Kier molecular flexibility index (Phi) is 6.41. The molecule has 0 aliphatic carbocycles. The van der Waals surface area contributed by atoms with Gasteiger partial charge in [0.2, 0.25) is 16.8 Å². The van der Waals surface area contributed by atoms with Crippen molar-refractivity contribution in [2.24, 2.45) is 0 Å². The quantitative estimate of drug-likeness (QED) is 0.542. The Bertz CT molecular complexity index is 1240. The van der Waals surface area contributed by atoms with Gasteiger partial charge in [-0.2, -0.15) is 0 Å². The lowest BCUT2D eigenvalue weighted by Gasteiger charge is -2.23. The van der Waals surface area contributed by atoms with E-state index in [2.05, 4.69) is 5.32 Å². The Morgan fingerprint density at radius 2 is 1.70 bits per heavy atom. The molecular weight excluding hydrogens is 444 g/mol. The van der Waals surface area contributed by atoms with E-state index in [1.54, 1.807) is 42.5 Å². The fraction of sp³-hybridized carbons (Fsp3) is 0.208. The maximum atomic E-state index is 12.4. The molecule has 1 N–H and O–H groups in total.